The largest absolute Gasteiger partial charge is 0.465 e. The zero-order chi connectivity index (χ0) is 12.4. The maximum absolute atomic E-state index is 13.1. The summed E-state index contributed by atoms with van der Waals surface area (Å²) in [5.74, 6) is -1.44. The van der Waals surface area contributed by atoms with Crippen molar-refractivity contribution in [3.63, 3.8) is 0 Å². The number of hydrogen-bond donors (Lipinski definition) is 2. The van der Waals surface area contributed by atoms with Crippen LogP contribution in [0.4, 0.5) is 10.2 Å². The van der Waals surface area contributed by atoms with Gasteiger partial charge >= 0.3 is 5.97 Å². The van der Waals surface area contributed by atoms with Crippen LogP contribution in [0.25, 0.3) is 0 Å². The molecule has 2 rings (SSSR count). The molecule has 0 aliphatic heterocycles. The Kier molecular flexibility index (Phi) is 3.12. The number of anilines is 1. The average Bonchev–Trinajstić information content (AvgIpc) is 2.26. The molecule has 1 heterocycles. The predicted molar refractivity (Wildman–Crippen MR) is 59.6 cm³/mol. The summed E-state index contributed by atoms with van der Waals surface area (Å²) in [6, 6.07) is 1.12. The molecule has 92 valence electrons. The van der Waals surface area contributed by atoms with Crippen molar-refractivity contribution in [1.29, 1.82) is 0 Å². The van der Waals surface area contributed by atoms with Gasteiger partial charge in [0.15, 0.2) is 5.82 Å². The first kappa shape index (κ1) is 11.6. The first-order valence-electron chi connectivity index (χ1n) is 5.39. The van der Waals surface area contributed by atoms with Gasteiger partial charge in [0.25, 0.3) is 5.56 Å². The van der Waals surface area contributed by atoms with Gasteiger partial charge in [-0.1, -0.05) is 0 Å². The van der Waals surface area contributed by atoms with E-state index in [9.17, 15) is 14.0 Å². The van der Waals surface area contributed by atoms with E-state index >= 15 is 0 Å². The second kappa shape index (κ2) is 4.57. The molecule has 0 radical (unpaired) electrons. The van der Waals surface area contributed by atoms with Crippen LogP contribution in [0.1, 0.15) is 29.6 Å². The molecule has 0 saturated heterocycles. The molecule has 0 atom stereocenters. The van der Waals surface area contributed by atoms with Crippen molar-refractivity contribution in [1.82, 2.24) is 4.98 Å². The molecule has 2 N–H and O–H groups in total. The number of halogens is 1. The number of rotatable bonds is 3. The van der Waals surface area contributed by atoms with E-state index in [4.69, 9.17) is 0 Å². The molecule has 0 unspecified atom stereocenters. The third-order valence-corrected chi connectivity index (χ3v) is 2.85. The second-order valence-corrected chi connectivity index (χ2v) is 4.00. The molecule has 1 aromatic rings. The Hall–Kier alpha value is -1.85. The number of hydrogen-bond acceptors (Lipinski definition) is 4. The Morgan fingerprint density at radius 1 is 1.59 bits per heavy atom. The Morgan fingerprint density at radius 2 is 2.29 bits per heavy atom. The Morgan fingerprint density at radius 3 is 2.82 bits per heavy atom. The monoisotopic (exact) mass is 240 g/mol. The molecule has 17 heavy (non-hydrogen) atoms. The fourth-order valence-corrected chi connectivity index (χ4v) is 1.65. The third-order valence-electron chi connectivity index (χ3n) is 2.85. The van der Waals surface area contributed by atoms with Crippen LogP contribution in [0.5, 0.6) is 0 Å². The summed E-state index contributed by atoms with van der Waals surface area (Å²) in [7, 11) is 1.21. The van der Waals surface area contributed by atoms with Crippen LogP contribution >= 0.6 is 0 Å². The Bertz CT molecular complexity index is 494. The van der Waals surface area contributed by atoms with Crippen molar-refractivity contribution < 1.29 is 13.9 Å². The minimum atomic E-state index is -0.996. The summed E-state index contributed by atoms with van der Waals surface area (Å²) in [6.45, 7) is 0. The van der Waals surface area contributed by atoms with Crippen molar-refractivity contribution in [3.05, 3.63) is 27.8 Å². The normalized spacial score (nSPS) is 15.2. The molecular formula is C11H13FN2O3. The van der Waals surface area contributed by atoms with Crippen molar-refractivity contribution in [2.24, 2.45) is 0 Å². The van der Waals surface area contributed by atoms with Crippen molar-refractivity contribution >= 4 is 11.8 Å². The van der Waals surface area contributed by atoms with Gasteiger partial charge in [-0.2, -0.15) is 0 Å². The topological polar surface area (TPSA) is 71.2 Å². The molecule has 0 aromatic carbocycles. The van der Waals surface area contributed by atoms with Gasteiger partial charge < -0.3 is 15.0 Å². The maximum Gasteiger partial charge on any atom is 0.341 e. The molecule has 1 aliphatic rings. The van der Waals surface area contributed by atoms with Gasteiger partial charge in [0.2, 0.25) is 0 Å². The molecule has 1 saturated carbocycles. The number of methoxy groups -OCH3 is 1. The molecule has 1 aliphatic carbocycles. The molecule has 0 bridgehead atoms. The highest BCUT2D eigenvalue weighted by Crippen LogP contribution is 2.24. The van der Waals surface area contributed by atoms with Crippen LogP contribution in [0.3, 0.4) is 0 Å². The molecule has 6 heteroatoms. The number of carbonyl (C=O) groups excluding carboxylic acids is 1. The van der Waals surface area contributed by atoms with Gasteiger partial charge in [-0.15, -0.1) is 0 Å². The van der Waals surface area contributed by atoms with E-state index in [1.54, 1.807) is 0 Å². The summed E-state index contributed by atoms with van der Waals surface area (Å²) in [6.07, 6.45) is 3.05. The van der Waals surface area contributed by atoms with Gasteiger partial charge in [-0.05, 0) is 25.3 Å². The van der Waals surface area contributed by atoms with E-state index in [1.165, 1.54) is 7.11 Å². The van der Waals surface area contributed by atoms with E-state index in [2.05, 4.69) is 15.0 Å². The minimum absolute atomic E-state index is 0.0106. The smallest absolute Gasteiger partial charge is 0.341 e. The highest BCUT2D eigenvalue weighted by atomic mass is 19.1. The number of carbonyl (C=O) groups is 1. The standard InChI is InChI=1S/C11H13FN2O3/c1-17-11(16)7-5-8(12)10(15)14-9(7)13-6-3-2-4-6/h5-6H,2-4H2,1H3,(H2,13,14,15). The molecule has 0 amide bonds. The van der Waals surface area contributed by atoms with E-state index in [1.807, 2.05) is 0 Å². The average molecular weight is 240 g/mol. The fraction of sp³-hybridized carbons (Fsp3) is 0.455. The van der Waals surface area contributed by atoms with Crippen LogP contribution in [-0.2, 0) is 4.74 Å². The van der Waals surface area contributed by atoms with Crippen LogP contribution < -0.4 is 10.9 Å². The fourth-order valence-electron chi connectivity index (χ4n) is 1.65. The third kappa shape index (κ3) is 2.30. The zero-order valence-corrected chi connectivity index (χ0v) is 9.38. The van der Waals surface area contributed by atoms with E-state index in [0.717, 1.165) is 25.3 Å². The molecular weight excluding hydrogens is 227 g/mol. The molecule has 1 fully saturated rings. The molecule has 1 aromatic heterocycles. The van der Waals surface area contributed by atoms with Gasteiger partial charge in [-0.3, -0.25) is 4.79 Å². The van der Waals surface area contributed by atoms with Crippen LogP contribution in [0, 0.1) is 5.82 Å². The SMILES string of the molecule is COC(=O)c1cc(F)c(=O)[nH]c1NC1CCC1. The van der Waals surface area contributed by atoms with Crippen LogP contribution in [0.15, 0.2) is 10.9 Å². The van der Waals surface area contributed by atoms with Crippen molar-refractivity contribution in [3.8, 4) is 0 Å². The number of pyridine rings is 1. The number of nitrogens with one attached hydrogen (secondary N) is 2. The highest BCUT2D eigenvalue weighted by Gasteiger charge is 2.22. The molecule has 0 spiro atoms. The van der Waals surface area contributed by atoms with Crippen molar-refractivity contribution in [2.75, 3.05) is 12.4 Å². The summed E-state index contributed by atoms with van der Waals surface area (Å²) in [5, 5.41) is 3.01. The number of esters is 1. The first-order valence-corrected chi connectivity index (χ1v) is 5.39. The van der Waals surface area contributed by atoms with Gasteiger partial charge in [0.05, 0.1) is 7.11 Å². The summed E-state index contributed by atoms with van der Waals surface area (Å²) in [4.78, 5) is 24.9. The minimum Gasteiger partial charge on any atom is -0.465 e. The van der Waals surface area contributed by atoms with Crippen molar-refractivity contribution in [2.45, 2.75) is 25.3 Å². The summed E-state index contributed by atoms with van der Waals surface area (Å²) >= 11 is 0. The lowest BCUT2D eigenvalue weighted by molar-refractivity contribution is 0.0600. The Labute approximate surface area is 97.0 Å². The maximum atomic E-state index is 13.1. The lowest BCUT2D eigenvalue weighted by Crippen LogP contribution is -2.30. The summed E-state index contributed by atoms with van der Waals surface area (Å²) < 4.78 is 17.6. The van der Waals surface area contributed by atoms with E-state index in [-0.39, 0.29) is 17.4 Å². The summed E-state index contributed by atoms with van der Waals surface area (Å²) in [5.41, 5.74) is -0.837. The predicted octanol–water partition coefficient (Wildman–Crippen LogP) is 1.26. The number of aromatic amines is 1. The number of aromatic nitrogens is 1. The Balaban J connectivity index is 2.35. The lowest BCUT2D eigenvalue weighted by atomic mass is 9.93. The van der Waals surface area contributed by atoms with Gasteiger partial charge in [-0.25, -0.2) is 9.18 Å². The lowest BCUT2D eigenvalue weighted by Gasteiger charge is -2.27. The zero-order valence-electron chi connectivity index (χ0n) is 9.38. The number of H-pyrrole nitrogens is 1. The van der Waals surface area contributed by atoms with Crippen LogP contribution in [0.2, 0.25) is 0 Å². The quantitative estimate of drug-likeness (QED) is 0.780. The second-order valence-electron chi connectivity index (χ2n) is 4.00. The van der Waals surface area contributed by atoms with Gasteiger partial charge in [0, 0.05) is 6.04 Å². The van der Waals surface area contributed by atoms with Crippen LogP contribution in [-0.4, -0.2) is 24.1 Å². The first-order chi connectivity index (χ1) is 8.11. The van der Waals surface area contributed by atoms with E-state index < -0.39 is 17.3 Å². The van der Waals surface area contributed by atoms with Gasteiger partial charge in [0.1, 0.15) is 11.4 Å². The number of ether oxygens (including phenoxy) is 1. The highest BCUT2D eigenvalue weighted by molar-refractivity contribution is 5.94. The molecule has 5 nitrogen and oxygen atoms in total. The van der Waals surface area contributed by atoms with E-state index in [0.29, 0.717) is 0 Å².